The Morgan fingerprint density at radius 1 is 1.25 bits per heavy atom. The van der Waals surface area contributed by atoms with Crippen molar-refractivity contribution in [3.05, 3.63) is 35.5 Å². The van der Waals surface area contributed by atoms with Gasteiger partial charge in [-0.25, -0.2) is 9.59 Å². The van der Waals surface area contributed by atoms with Gasteiger partial charge in [-0.1, -0.05) is 30.3 Å². The number of ether oxygens (including phenoxy) is 1. The third-order valence-electron chi connectivity index (χ3n) is 2.58. The van der Waals surface area contributed by atoms with E-state index >= 15 is 0 Å². The molecule has 2 N–H and O–H groups in total. The SMILES string of the molecule is CN(C)CCOc1c(-c2ccccc2)no[n+]1[O-].O=C(O)C(=O)O. The lowest BCUT2D eigenvalue weighted by Crippen LogP contribution is -2.28. The van der Waals surface area contributed by atoms with Crippen molar-refractivity contribution in [3.8, 4) is 17.1 Å². The number of aliphatic carboxylic acids is 2. The molecular weight excluding hydrogens is 322 g/mol. The van der Waals surface area contributed by atoms with Gasteiger partial charge in [-0.05, 0) is 19.0 Å². The van der Waals surface area contributed by atoms with Crippen molar-refractivity contribution in [1.82, 2.24) is 10.1 Å². The Labute approximate surface area is 137 Å². The van der Waals surface area contributed by atoms with Crippen molar-refractivity contribution in [2.75, 3.05) is 27.2 Å². The monoisotopic (exact) mass is 339 g/mol. The minimum Gasteiger partial charge on any atom is -0.473 e. The largest absolute Gasteiger partial charge is 0.473 e. The highest BCUT2D eigenvalue weighted by Crippen LogP contribution is 2.24. The van der Waals surface area contributed by atoms with Crippen LogP contribution in [0.1, 0.15) is 0 Å². The Morgan fingerprint density at radius 2 is 1.83 bits per heavy atom. The molecule has 0 radical (unpaired) electrons. The Bertz CT molecular complexity index is 658. The van der Waals surface area contributed by atoms with Crippen LogP contribution in [-0.4, -0.2) is 59.5 Å². The first-order valence-electron chi connectivity index (χ1n) is 6.71. The van der Waals surface area contributed by atoms with Gasteiger partial charge in [-0.2, -0.15) is 0 Å². The first-order valence-corrected chi connectivity index (χ1v) is 6.71. The maximum absolute atomic E-state index is 11.4. The highest BCUT2D eigenvalue weighted by molar-refractivity contribution is 6.27. The third-order valence-corrected chi connectivity index (χ3v) is 2.58. The minimum atomic E-state index is -1.82. The molecule has 0 amide bonds. The first-order chi connectivity index (χ1) is 11.3. The van der Waals surface area contributed by atoms with Crippen molar-refractivity contribution < 1.29 is 34.1 Å². The second kappa shape index (κ2) is 9.10. The zero-order chi connectivity index (χ0) is 18.1. The molecule has 0 saturated heterocycles. The van der Waals surface area contributed by atoms with Crippen LogP contribution in [0.5, 0.6) is 5.88 Å². The van der Waals surface area contributed by atoms with Crippen LogP contribution in [0, 0.1) is 5.21 Å². The van der Waals surface area contributed by atoms with E-state index in [1.807, 2.05) is 49.3 Å². The van der Waals surface area contributed by atoms with E-state index in [2.05, 4.69) is 9.79 Å². The van der Waals surface area contributed by atoms with Crippen molar-refractivity contribution in [1.29, 1.82) is 0 Å². The molecule has 2 rings (SSSR count). The van der Waals surface area contributed by atoms with E-state index in [0.717, 1.165) is 5.56 Å². The van der Waals surface area contributed by atoms with E-state index < -0.39 is 11.9 Å². The van der Waals surface area contributed by atoms with Crippen LogP contribution >= 0.6 is 0 Å². The van der Waals surface area contributed by atoms with Gasteiger partial charge >= 0.3 is 17.8 Å². The fraction of sp³-hybridized carbons (Fsp3) is 0.286. The summed E-state index contributed by atoms with van der Waals surface area (Å²) < 4.78 is 10.0. The average molecular weight is 339 g/mol. The molecule has 0 aliphatic rings. The summed E-state index contributed by atoms with van der Waals surface area (Å²) in [5.41, 5.74) is 1.21. The zero-order valence-corrected chi connectivity index (χ0v) is 13.1. The summed E-state index contributed by atoms with van der Waals surface area (Å²) in [5.74, 6) is -3.55. The second-order valence-electron chi connectivity index (χ2n) is 4.71. The Balaban J connectivity index is 0.000000413. The van der Waals surface area contributed by atoms with Crippen molar-refractivity contribution in [2.45, 2.75) is 0 Å². The summed E-state index contributed by atoms with van der Waals surface area (Å²) in [7, 11) is 3.86. The predicted octanol–water partition coefficient (Wildman–Crippen LogP) is 0.0710. The second-order valence-corrected chi connectivity index (χ2v) is 4.71. The number of benzene rings is 1. The van der Waals surface area contributed by atoms with Gasteiger partial charge < -0.3 is 25.1 Å². The first kappa shape index (κ1) is 18.9. The van der Waals surface area contributed by atoms with Crippen LogP contribution in [0.4, 0.5) is 0 Å². The van der Waals surface area contributed by atoms with Crippen LogP contribution in [0.25, 0.3) is 11.3 Å². The number of hydrogen-bond acceptors (Lipinski definition) is 7. The molecule has 0 unspecified atom stereocenters. The lowest BCUT2D eigenvalue weighted by molar-refractivity contribution is -0.805. The highest BCUT2D eigenvalue weighted by Gasteiger charge is 2.22. The fourth-order valence-electron chi connectivity index (χ4n) is 1.46. The molecule has 24 heavy (non-hydrogen) atoms. The van der Waals surface area contributed by atoms with E-state index in [1.54, 1.807) is 0 Å². The molecule has 130 valence electrons. The summed E-state index contributed by atoms with van der Waals surface area (Å²) in [6.45, 7) is 1.11. The number of carbonyl (C=O) groups is 2. The van der Waals surface area contributed by atoms with Crippen LogP contribution in [0.3, 0.4) is 0 Å². The maximum atomic E-state index is 11.4. The zero-order valence-electron chi connectivity index (χ0n) is 13.1. The van der Waals surface area contributed by atoms with E-state index in [0.29, 0.717) is 18.8 Å². The van der Waals surface area contributed by atoms with Gasteiger partial charge in [0.25, 0.3) is 5.69 Å². The summed E-state index contributed by atoms with van der Waals surface area (Å²) in [5, 5.41) is 29.9. The van der Waals surface area contributed by atoms with Crippen molar-refractivity contribution >= 4 is 11.9 Å². The van der Waals surface area contributed by atoms with Crippen LogP contribution in [0.2, 0.25) is 0 Å². The molecule has 0 aliphatic heterocycles. The fourth-order valence-corrected chi connectivity index (χ4v) is 1.46. The maximum Gasteiger partial charge on any atom is 0.414 e. The Kier molecular flexibility index (Phi) is 7.17. The molecule has 0 bridgehead atoms. The van der Waals surface area contributed by atoms with Gasteiger partial charge in [0.15, 0.2) is 0 Å². The van der Waals surface area contributed by atoms with Gasteiger partial charge in [0.05, 0.1) is 5.16 Å². The molecule has 10 nitrogen and oxygen atoms in total. The van der Waals surface area contributed by atoms with Gasteiger partial charge in [0, 0.05) is 12.1 Å². The van der Waals surface area contributed by atoms with E-state index in [-0.39, 0.29) is 10.8 Å². The Hall–Kier alpha value is -3.14. The molecule has 1 aromatic carbocycles. The van der Waals surface area contributed by atoms with E-state index in [4.69, 9.17) is 24.5 Å². The van der Waals surface area contributed by atoms with Gasteiger partial charge in [0.1, 0.15) is 6.61 Å². The number of likely N-dealkylation sites (N-methyl/N-ethyl adjacent to an activating group) is 1. The van der Waals surface area contributed by atoms with E-state index in [1.165, 1.54) is 0 Å². The number of carboxylic acids is 2. The number of rotatable bonds is 5. The third kappa shape index (κ3) is 5.93. The summed E-state index contributed by atoms with van der Waals surface area (Å²) in [6, 6.07) is 9.31. The molecule has 0 spiro atoms. The smallest absolute Gasteiger partial charge is 0.414 e. The standard InChI is InChI=1S/C12H15N3O3.C2H2O4/c1-14(2)8-9-17-12-11(13-18-15(12)16)10-6-4-3-5-7-10;3-1(4)2(5)6/h3-7H,8-9H2,1-2H3;(H,3,4)(H,5,6). The Morgan fingerprint density at radius 3 is 2.33 bits per heavy atom. The molecule has 0 fully saturated rings. The molecule has 10 heteroatoms. The predicted molar refractivity (Wildman–Crippen MR) is 80.2 cm³/mol. The summed E-state index contributed by atoms with van der Waals surface area (Å²) >= 11 is 0. The van der Waals surface area contributed by atoms with Crippen LogP contribution in [0.15, 0.2) is 35.0 Å². The van der Waals surface area contributed by atoms with Gasteiger partial charge in [-0.15, -0.1) is 0 Å². The molecule has 0 atom stereocenters. The van der Waals surface area contributed by atoms with Crippen molar-refractivity contribution in [2.24, 2.45) is 0 Å². The average Bonchev–Trinajstić information content (AvgIpc) is 2.89. The molecule has 1 aromatic heterocycles. The normalized spacial score (nSPS) is 9.96. The molecule has 1 heterocycles. The topological polar surface area (TPSA) is 140 Å². The number of nitrogens with zero attached hydrogens (tertiary/aromatic N) is 3. The number of carboxylic acid groups (broad SMARTS) is 2. The lowest BCUT2D eigenvalue weighted by Gasteiger charge is -2.08. The van der Waals surface area contributed by atoms with Gasteiger partial charge in [0.2, 0.25) is 0 Å². The summed E-state index contributed by atoms with van der Waals surface area (Å²) in [6.07, 6.45) is 0. The molecule has 2 aromatic rings. The lowest BCUT2D eigenvalue weighted by atomic mass is 10.2. The van der Waals surface area contributed by atoms with Crippen LogP contribution < -0.4 is 9.64 Å². The minimum absolute atomic E-state index is 0.100. The molecular formula is C14H17N3O7. The molecule has 0 saturated carbocycles. The number of hydrogen-bond donors (Lipinski definition) is 2. The number of aromatic nitrogens is 2. The summed E-state index contributed by atoms with van der Waals surface area (Å²) in [4.78, 5) is 20.5. The molecule has 0 aliphatic carbocycles. The van der Waals surface area contributed by atoms with Crippen molar-refractivity contribution in [3.63, 3.8) is 0 Å². The highest BCUT2D eigenvalue weighted by atomic mass is 16.8. The van der Waals surface area contributed by atoms with E-state index in [9.17, 15) is 5.21 Å². The quantitative estimate of drug-likeness (QED) is 0.572. The van der Waals surface area contributed by atoms with Crippen LogP contribution in [-0.2, 0) is 9.59 Å². The van der Waals surface area contributed by atoms with Gasteiger partial charge in [-0.3, -0.25) is 4.63 Å².